The average molecular weight is 289 g/mol. The van der Waals surface area contributed by atoms with Gasteiger partial charge in [-0.3, -0.25) is 0 Å². The first-order valence-electron chi connectivity index (χ1n) is 7.05. The highest BCUT2D eigenvalue weighted by atomic mass is 32.1. The minimum Gasteiger partial charge on any atom is -0.494 e. The molecular formula is C17H23NOS. The molecule has 1 N–H and O–H groups in total. The molecule has 0 saturated carbocycles. The van der Waals surface area contributed by atoms with E-state index in [9.17, 15) is 0 Å². The molecule has 0 atom stereocenters. The van der Waals surface area contributed by atoms with Gasteiger partial charge in [0.15, 0.2) is 0 Å². The number of hydrogen-bond acceptors (Lipinski definition) is 3. The highest BCUT2D eigenvalue weighted by Crippen LogP contribution is 2.30. The molecule has 0 unspecified atom stereocenters. The third kappa shape index (κ3) is 4.01. The van der Waals surface area contributed by atoms with Gasteiger partial charge < -0.3 is 10.1 Å². The fourth-order valence-corrected chi connectivity index (χ4v) is 2.93. The van der Waals surface area contributed by atoms with Gasteiger partial charge in [0.25, 0.3) is 0 Å². The van der Waals surface area contributed by atoms with Crippen LogP contribution in [-0.4, -0.2) is 6.61 Å². The van der Waals surface area contributed by atoms with E-state index in [0.29, 0.717) is 6.61 Å². The van der Waals surface area contributed by atoms with Crippen LogP contribution in [0, 0.1) is 0 Å². The highest BCUT2D eigenvalue weighted by Gasteiger charge is 2.15. The maximum absolute atomic E-state index is 5.51. The molecule has 0 aliphatic heterocycles. The van der Waals surface area contributed by atoms with Gasteiger partial charge in [0, 0.05) is 28.1 Å². The maximum Gasteiger partial charge on any atom is 0.121 e. The van der Waals surface area contributed by atoms with Crippen molar-refractivity contribution in [1.82, 2.24) is 0 Å². The number of thiophene rings is 1. The summed E-state index contributed by atoms with van der Waals surface area (Å²) in [5.74, 6) is 0.916. The summed E-state index contributed by atoms with van der Waals surface area (Å²) in [6, 6.07) is 12.6. The van der Waals surface area contributed by atoms with Crippen LogP contribution in [0.1, 0.15) is 37.4 Å². The van der Waals surface area contributed by atoms with Gasteiger partial charge in [-0.05, 0) is 36.6 Å². The fourth-order valence-electron chi connectivity index (χ4n) is 1.93. The lowest BCUT2D eigenvalue weighted by Crippen LogP contribution is -2.07. The van der Waals surface area contributed by atoms with Gasteiger partial charge in [0.2, 0.25) is 0 Å². The minimum atomic E-state index is 0.234. The van der Waals surface area contributed by atoms with Gasteiger partial charge in [-0.25, -0.2) is 0 Å². The predicted octanol–water partition coefficient (Wildman–Crippen LogP) is 5.06. The Hall–Kier alpha value is -1.48. The molecule has 0 saturated heterocycles. The maximum atomic E-state index is 5.51. The van der Waals surface area contributed by atoms with E-state index >= 15 is 0 Å². The zero-order chi connectivity index (χ0) is 14.6. The fraction of sp³-hybridized carbons (Fsp3) is 0.412. The molecule has 2 aromatic rings. The summed E-state index contributed by atoms with van der Waals surface area (Å²) in [5, 5.41) is 3.45. The van der Waals surface area contributed by atoms with Crippen LogP contribution in [0.15, 0.2) is 36.4 Å². The Labute approximate surface area is 125 Å². The lowest BCUT2D eigenvalue weighted by Gasteiger charge is -2.15. The Morgan fingerprint density at radius 2 is 1.95 bits per heavy atom. The third-order valence-electron chi connectivity index (χ3n) is 3.01. The van der Waals surface area contributed by atoms with Gasteiger partial charge >= 0.3 is 0 Å². The van der Waals surface area contributed by atoms with Crippen molar-refractivity contribution in [2.75, 3.05) is 11.9 Å². The molecule has 2 rings (SSSR count). The van der Waals surface area contributed by atoms with Gasteiger partial charge in [-0.1, -0.05) is 26.8 Å². The van der Waals surface area contributed by atoms with E-state index in [4.69, 9.17) is 4.74 Å². The summed E-state index contributed by atoms with van der Waals surface area (Å²) in [6.45, 7) is 10.3. The number of nitrogens with one attached hydrogen (secondary N) is 1. The molecule has 0 bridgehead atoms. The van der Waals surface area contributed by atoms with Crippen molar-refractivity contribution >= 4 is 17.0 Å². The smallest absolute Gasteiger partial charge is 0.121 e. The molecule has 20 heavy (non-hydrogen) atoms. The Bertz CT molecular complexity index is 554. The number of benzene rings is 1. The van der Waals surface area contributed by atoms with Crippen LogP contribution >= 0.6 is 11.3 Å². The second-order valence-electron chi connectivity index (χ2n) is 5.83. The molecule has 0 radical (unpaired) electrons. The van der Waals surface area contributed by atoms with Crippen molar-refractivity contribution < 1.29 is 4.74 Å². The monoisotopic (exact) mass is 289 g/mol. The topological polar surface area (TPSA) is 21.3 Å². The predicted molar refractivity (Wildman–Crippen MR) is 88.0 cm³/mol. The molecule has 1 aromatic heterocycles. The lowest BCUT2D eigenvalue weighted by molar-refractivity contribution is 0.340. The zero-order valence-corrected chi connectivity index (χ0v) is 13.5. The molecule has 1 aromatic carbocycles. The largest absolute Gasteiger partial charge is 0.494 e. The first-order valence-corrected chi connectivity index (χ1v) is 7.86. The van der Waals surface area contributed by atoms with Crippen molar-refractivity contribution in [2.45, 2.75) is 39.7 Å². The van der Waals surface area contributed by atoms with Crippen LogP contribution in [0.3, 0.4) is 0 Å². The van der Waals surface area contributed by atoms with Crippen LogP contribution < -0.4 is 10.1 Å². The molecule has 2 nitrogen and oxygen atoms in total. The van der Waals surface area contributed by atoms with Crippen molar-refractivity contribution in [3.8, 4) is 5.75 Å². The lowest BCUT2D eigenvalue weighted by atomic mass is 9.95. The summed E-state index contributed by atoms with van der Waals surface area (Å²) in [6.07, 6.45) is 0. The van der Waals surface area contributed by atoms with Crippen LogP contribution in [0.25, 0.3) is 0 Å². The Kier molecular flexibility index (Phi) is 4.71. The number of rotatable bonds is 5. The highest BCUT2D eigenvalue weighted by molar-refractivity contribution is 7.12. The minimum absolute atomic E-state index is 0.234. The second-order valence-corrected chi connectivity index (χ2v) is 7.00. The molecule has 108 valence electrons. The zero-order valence-electron chi connectivity index (χ0n) is 12.7. The second kappa shape index (κ2) is 6.31. The van der Waals surface area contributed by atoms with E-state index in [1.54, 1.807) is 0 Å². The number of anilines is 1. The van der Waals surface area contributed by atoms with Crippen LogP contribution in [0.2, 0.25) is 0 Å². The molecule has 0 fully saturated rings. The molecule has 0 spiro atoms. The summed E-state index contributed by atoms with van der Waals surface area (Å²) < 4.78 is 5.51. The molecule has 0 aliphatic carbocycles. The van der Waals surface area contributed by atoms with E-state index in [0.717, 1.165) is 18.0 Å². The van der Waals surface area contributed by atoms with Gasteiger partial charge in [-0.15, -0.1) is 11.3 Å². The van der Waals surface area contributed by atoms with E-state index in [1.807, 2.05) is 36.5 Å². The van der Waals surface area contributed by atoms with E-state index in [2.05, 4.69) is 44.3 Å². The molecule has 3 heteroatoms. The van der Waals surface area contributed by atoms with Gasteiger partial charge in [-0.2, -0.15) is 0 Å². The van der Waals surface area contributed by atoms with Crippen LogP contribution in [0.4, 0.5) is 5.69 Å². The summed E-state index contributed by atoms with van der Waals surface area (Å²) in [4.78, 5) is 2.79. The Morgan fingerprint density at radius 1 is 1.15 bits per heavy atom. The molecule has 0 amide bonds. The average Bonchev–Trinajstić information content (AvgIpc) is 2.86. The van der Waals surface area contributed by atoms with Crippen molar-refractivity contribution in [2.24, 2.45) is 0 Å². The van der Waals surface area contributed by atoms with Crippen LogP contribution in [0.5, 0.6) is 5.75 Å². The number of ether oxygens (including phenoxy) is 1. The quantitative estimate of drug-likeness (QED) is 0.831. The van der Waals surface area contributed by atoms with Gasteiger partial charge in [0.1, 0.15) is 5.75 Å². The first-order chi connectivity index (χ1) is 9.49. The Balaban J connectivity index is 1.98. The van der Waals surface area contributed by atoms with Gasteiger partial charge in [0.05, 0.1) is 6.61 Å². The molecular weight excluding hydrogens is 266 g/mol. The molecule has 0 aliphatic rings. The van der Waals surface area contributed by atoms with E-state index in [1.165, 1.54) is 9.75 Å². The van der Waals surface area contributed by atoms with Crippen LogP contribution in [-0.2, 0) is 12.0 Å². The SMILES string of the molecule is CCOc1cccc(NCc2ccc(C(C)(C)C)s2)c1. The van der Waals surface area contributed by atoms with E-state index < -0.39 is 0 Å². The van der Waals surface area contributed by atoms with E-state index in [-0.39, 0.29) is 5.41 Å². The summed E-state index contributed by atoms with van der Waals surface area (Å²) >= 11 is 1.88. The summed E-state index contributed by atoms with van der Waals surface area (Å²) in [5.41, 5.74) is 1.33. The molecule has 1 heterocycles. The standard InChI is InChI=1S/C17H23NOS/c1-5-19-14-8-6-7-13(11-14)18-12-15-9-10-16(20-15)17(2,3)4/h6-11,18H,5,12H2,1-4H3. The Morgan fingerprint density at radius 3 is 2.60 bits per heavy atom. The van der Waals surface area contributed by atoms with Crippen molar-refractivity contribution in [3.63, 3.8) is 0 Å². The summed E-state index contributed by atoms with van der Waals surface area (Å²) in [7, 11) is 0. The van der Waals surface area contributed by atoms with Crippen molar-refractivity contribution in [3.05, 3.63) is 46.2 Å². The van der Waals surface area contributed by atoms with Crippen molar-refractivity contribution in [1.29, 1.82) is 0 Å². The number of hydrogen-bond donors (Lipinski definition) is 1. The normalized spacial score (nSPS) is 11.4. The first kappa shape index (κ1) is 14.9. The third-order valence-corrected chi connectivity index (χ3v) is 4.52.